The van der Waals surface area contributed by atoms with E-state index >= 15 is 0 Å². The van der Waals surface area contributed by atoms with Crippen molar-refractivity contribution in [2.45, 2.75) is 71.1 Å². The van der Waals surface area contributed by atoms with Gasteiger partial charge in [-0.25, -0.2) is 0 Å². The van der Waals surface area contributed by atoms with Gasteiger partial charge in [0, 0.05) is 5.56 Å². The third kappa shape index (κ3) is 12.8. The van der Waals surface area contributed by atoms with Crippen LogP contribution in [-0.4, -0.2) is 66.1 Å². The summed E-state index contributed by atoms with van der Waals surface area (Å²) in [5.41, 5.74) is 1.05. The van der Waals surface area contributed by atoms with E-state index in [1.165, 1.54) is 81.8 Å². The van der Waals surface area contributed by atoms with Gasteiger partial charge in [-0.1, -0.05) is 69.7 Å². The number of carbonyl (C=O) groups excluding carboxylic acids is 1. The molecular formula is C24H43BNO3S+. The van der Waals surface area contributed by atoms with E-state index < -0.39 is 7.12 Å². The first-order valence-corrected chi connectivity index (χ1v) is 12.9. The van der Waals surface area contributed by atoms with Crippen LogP contribution in [0.25, 0.3) is 0 Å². The summed E-state index contributed by atoms with van der Waals surface area (Å²) in [5, 5.41) is 18.2. The van der Waals surface area contributed by atoms with Crippen LogP contribution in [0.4, 0.5) is 0 Å². The summed E-state index contributed by atoms with van der Waals surface area (Å²) in [6.45, 7) is 4.87. The molecule has 0 spiro atoms. The lowest BCUT2D eigenvalue weighted by atomic mass is 9.80. The molecule has 0 radical (unpaired) electrons. The van der Waals surface area contributed by atoms with E-state index in [2.05, 4.69) is 21.0 Å². The van der Waals surface area contributed by atoms with Crippen molar-refractivity contribution in [2.24, 2.45) is 0 Å². The fraction of sp³-hybridized carbons (Fsp3) is 0.708. The molecule has 4 nitrogen and oxygen atoms in total. The molecule has 0 bridgehead atoms. The maximum absolute atomic E-state index is 12.1. The third-order valence-corrected chi connectivity index (χ3v) is 6.69. The average molecular weight is 436 g/mol. The Hall–Kier alpha value is -0.815. The molecule has 0 heterocycles. The molecule has 6 heteroatoms. The maximum Gasteiger partial charge on any atom is 0.488 e. The lowest BCUT2D eigenvalue weighted by Gasteiger charge is -2.29. The van der Waals surface area contributed by atoms with Gasteiger partial charge in [0.15, 0.2) is 5.78 Å². The Morgan fingerprint density at radius 2 is 1.40 bits per heavy atom. The first-order chi connectivity index (χ1) is 14.4. The van der Waals surface area contributed by atoms with E-state index in [4.69, 9.17) is 10.0 Å². The summed E-state index contributed by atoms with van der Waals surface area (Å²) >= 11 is 1.70. The number of hydrogen-bond donors (Lipinski definition) is 2. The topological polar surface area (TPSA) is 57.5 Å². The van der Waals surface area contributed by atoms with Gasteiger partial charge in [-0.05, 0) is 36.9 Å². The van der Waals surface area contributed by atoms with Gasteiger partial charge < -0.3 is 14.5 Å². The number of rotatable bonds is 18. The molecule has 0 aromatic heterocycles. The molecule has 2 N–H and O–H groups in total. The number of nitrogens with zero attached hydrogens (tertiary/aromatic N) is 1. The Morgan fingerprint density at radius 3 is 1.93 bits per heavy atom. The number of quaternary nitrogens is 1. The highest BCUT2D eigenvalue weighted by atomic mass is 32.2. The molecule has 30 heavy (non-hydrogen) atoms. The van der Waals surface area contributed by atoms with Crippen LogP contribution in [0.1, 0.15) is 81.5 Å². The van der Waals surface area contributed by atoms with Crippen molar-refractivity contribution in [3.63, 3.8) is 0 Å². The van der Waals surface area contributed by atoms with Gasteiger partial charge >= 0.3 is 7.12 Å². The van der Waals surface area contributed by atoms with Crippen LogP contribution in [0, 0.1) is 0 Å². The van der Waals surface area contributed by atoms with Crippen molar-refractivity contribution in [3.05, 3.63) is 29.8 Å². The number of thioether (sulfide) groups is 1. The van der Waals surface area contributed by atoms with Gasteiger partial charge in [-0.3, -0.25) is 4.79 Å². The summed E-state index contributed by atoms with van der Waals surface area (Å²) < 4.78 is 1.17. The van der Waals surface area contributed by atoms with Crippen LogP contribution in [0.15, 0.2) is 24.3 Å². The minimum atomic E-state index is -1.48. The molecule has 0 saturated heterocycles. The first-order valence-electron chi connectivity index (χ1n) is 11.7. The third-order valence-electron chi connectivity index (χ3n) is 5.65. The average Bonchev–Trinajstić information content (AvgIpc) is 2.71. The van der Waals surface area contributed by atoms with E-state index in [1.807, 2.05) is 0 Å². The van der Waals surface area contributed by atoms with Crippen molar-refractivity contribution in [1.29, 1.82) is 0 Å². The van der Waals surface area contributed by atoms with Crippen LogP contribution in [0.2, 0.25) is 0 Å². The Balaban J connectivity index is 1.92. The van der Waals surface area contributed by atoms with Crippen LogP contribution in [-0.2, 0) is 0 Å². The molecule has 1 aromatic carbocycles. The molecule has 1 rings (SSSR count). The summed E-state index contributed by atoms with van der Waals surface area (Å²) in [7, 11) is 3.21. The Morgan fingerprint density at radius 1 is 0.867 bits per heavy atom. The van der Waals surface area contributed by atoms with Gasteiger partial charge in [0.1, 0.15) is 0 Å². The van der Waals surface area contributed by atoms with E-state index in [0.29, 0.717) is 16.8 Å². The van der Waals surface area contributed by atoms with Gasteiger partial charge in [-0.15, -0.1) is 0 Å². The van der Waals surface area contributed by atoms with Gasteiger partial charge in [0.05, 0.1) is 32.9 Å². The number of Topliss-reactive ketones (excluding diaryl/α,β-unsaturated/α-hetero) is 1. The molecule has 1 aromatic rings. The standard InChI is InChI=1S/C24H43BNO3S/c1-4-18-26(2,3)19-12-10-8-6-5-7-9-11-13-20-30-21-24(27)22-14-16-23(17-15-22)25(28)29/h14-17,28-29H,4-13,18-21H2,1-3H3/q+1. The molecule has 0 fully saturated rings. The molecule has 0 amide bonds. The maximum atomic E-state index is 12.1. The molecule has 0 aliphatic carbocycles. The first kappa shape index (κ1) is 27.2. The normalized spacial score (nSPS) is 11.6. The molecular weight excluding hydrogens is 393 g/mol. The molecule has 0 saturated carbocycles. The summed E-state index contributed by atoms with van der Waals surface area (Å²) in [5.74, 6) is 1.63. The fourth-order valence-corrected chi connectivity index (χ4v) is 4.69. The zero-order valence-electron chi connectivity index (χ0n) is 19.4. The smallest absolute Gasteiger partial charge is 0.423 e. The molecule has 0 aliphatic heterocycles. The van der Waals surface area contributed by atoms with Crippen LogP contribution < -0.4 is 5.46 Å². The highest BCUT2D eigenvalue weighted by Crippen LogP contribution is 2.14. The van der Waals surface area contributed by atoms with E-state index in [-0.39, 0.29) is 5.78 Å². The number of carbonyl (C=O) groups is 1. The van der Waals surface area contributed by atoms with Crippen LogP contribution in [0.3, 0.4) is 0 Å². The van der Waals surface area contributed by atoms with Crippen molar-refractivity contribution < 1.29 is 19.3 Å². The largest absolute Gasteiger partial charge is 0.488 e. The van der Waals surface area contributed by atoms with Crippen molar-refractivity contribution in [3.8, 4) is 0 Å². The van der Waals surface area contributed by atoms with E-state index in [9.17, 15) is 4.79 Å². The minimum absolute atomic E-state index is 0.107. The fourth-order valence-electron chi connectivity index (χ4n) is 3.79. The van der Waals surface area contributed by atoms with Crippen LogP contribution in [0.5, 0.6) is 0 Å². The SMILES string of the molecule is CCC[N+](C)(C)CCCCCCCCCCCSCC(=O)c1ccc(B(O)O)cc1. The second kappa shape index (κ2) is 15.9. The lowest BCUT2D eigenvalue weighted by molar-refractivity contribution is -0.890. The zero-order valence-corrected chi connectivity index (χ0v) is 20.3. The quantitative estimate of drug-likeness (QED) is 0.156. The lowest BCUT2D eigenvalue weighted by Crippen LogP contribution is -2.40. The zero-order chi connectivity index (χ0) is 22.2. The monoisotopic (exact) mass is 436 g/mol. The number of benzene rings is 1. The highest BCUT2D eigenvalue weighted by molar-refractivity contribution is 7.99. The van der Waals surface area contributed by atoms with Gasteiger partial charge in [0.2, 0.25) is 0 Å². The Kier molecular flexibility index (Phi) is 14.4. The summed E-state index contributed by atoms with van der Waals surface area (Å²) in [6, 6.07) is 6.52. The number of ketones is 1. The molecule has 170 valence electrons. The number of unbranched alkanes of at least 4 members (excludes halogenated alkanes) is 8. The van der Waals surface area contributed by atoms with Crippen molar-refractivity contribution in [2.75, 3.05) is 38.7 Å². The van der Waals surface area contributed by atoms with Gasteiger partial charge in [0.25, 0.3) is 0 Å². The predicted octanol–water partition coefficient (Wildman–Crippen LogP) is 4.28. The second-order valence-corrected chi connectivity index (χ2v) is 10.1. The van der Waals surface area contributed by atoms with Gasteiger partial charge in [-0.2, -0.15) is 11.8 Å². The molecule has 0 unspecified atom stereocenters. The summed E-state index contributed by atoms with van der Waals surface area (Å²) in [4.78, 5) is 12.1. The highest BCUT2D eigenvalue weighted by Gasteiger charge is 2.13. The Labute approximate surface area is 189 Å². The Bertz CT molecular complexity index is 578. The molecule has 0 aliphatic rings. The van der Waals surface area contributed by atoms with E-state index in [0.717, 1.165) is 5.75 Å². The van der Waals surface area contributed by atoms with E-state index in [1.54, 1.807) is 36.0 Å². The molecule has 0 atom stereocenters. The minimum Gasteiger partial charge on any atom is -0.423 e. The van der Waals surface area contributed by atoms with Crippen molar-refractivity contribution in [1.82, 2.24) is 0 Å². The predicted molar refractivity (Wildman–Crippen MR) is 132 cm³/mol. The van der Waals surface area contributed by atoms with Crippen LogP contribution >= 0.6 is 11.8 Å². The summed E-state index contributed by atoms with van der Waals surface area (Å²) in [6.07, 6.45) is 13.2. The number of hydrogen-bond acceptors (Lipinski definition) is 4. The second-order valence-electron chi connectivity index (χ2n) is 9.04. The van der Waals surface area contributed by atoms with Crippen molar-refractivity contribution >= 4 is 30.1 Å².